The summed E-state index contributed by atoms with van der Waals surface area (Å²) in [5.74, 6) is -3.84. The first kappa shape index (κ1) is 55.8. The number of nitrogens with two attached hydrogens (primary N) is 1. The molecule has 4 aromatic rings. The van der Waals surface area contributed by atoms with E-state index in [1.165, 1.54) is 0 Å². The molecule has 17 nitrogen and oxygen atoms in total. The summed E-state index contributed by atoms with van der Waals surface area (Å²) in [6.45, 7) is 3.07. The van der Waals surface area contributed by atoms with Gasteiger partial charge in [-0.1, -0.05) is 104 Å². The minimum atomic E-state index is -1.58. The molecule has 4 unspecified atom stereocenters. The quantitative estimate of drug-likeness (QED) is 0.0351. The molecule has 19 heteroatoms. The molecule has 4 rings (SSSR count). The van der Waals surface area contributed by atoms with E-state index in [4.69, 9.17) is 15.2 Å². The first-order chi connectivity index (χ1) is 31.4. The van der Waals surface area contributed by atoms with Gasteiger partial charge in [-0.05, 0) is 23.1 Å². The van der Waals surface area contributed by atoms with E-state index in [-0.39, 0.29) is 38.6 Å². The Hall–Kier alpha value is -6.31. The zero-order chi connectivity index (χ0) is 47.4. The molecule has 4 aromatic carbocycles. The Morgan fingerprint density at radius 3 is 1.35 bits per heavy atom. The van der Waals surface area contributed by atoms with Gasteiger partial charge < -0.3 is 26.2 Å². The average molecular weight is 931 g/mol. The first-order valence-corrected chi connectivity index (χ1v) is 21.3. The van der Waals surface area contributed by atoms with E-state index in [0.29, 0.717) is 44.0 Å². The second-order valence-corrected chi connectivity index (χ2v) is 14.7. The third-order valence-electron chi connectivity index (χ3n) is 9.69. The van der Waals surface area contributed by atoms with Gasteiger partial charge in [0.25, 0.3) is 5.91 Å². The summed E-state index contributed by atoms with van der Waals surface area (Å²) in [5.41, 5.74) is 8.87. The van der Waals surface area contributed by atoms with Crippen LogP contribution < -0.4 is 32.3 Å². The van der Waals surface area contributed by atoms with Crippen molar-refractivity contribution in [3.8, 4) is 0 Å². The normalized spacial score (nSPS) is 13.1. The molecule has 0 aromatic heterocycles. The van der Waals surface area contributed by atoms with Gasteiger partial charge in [-0.15, -0.1) is 12.4 Å². The van der Waals surface area contributed by atoms with Crippen molar-refractivity contribution in [3.63, 3.8) is 0 Å². The van der Waals surface area contributed by atoms with Crippen molar-refractivity contribution in [3.05, 3.63) is 144 Å². The summed E-state index contributed by atoms with van der Waals surface area (Å²) in [4.78, 5) is 74.0. The fourth-order valence-corrected chi connectivity index (χ4v) is 6.23. The Morgan fingerprint density at radius 1 is 0.576 bits per heavy atom. The molecule has 0 heterocycles. The third-order valence-corrected chi connectivity index (χ3v) is 9.69. The molecule has 0 aliphatic heterocycles. The summed E-state index contributed by atoms with van der Waals surface area (Å²) in [5, 5.41) is 33.8. The van der Waals surface area contributed by atoms with E-state index in [0.717, 1.165) is 11.1 Å². The number of rotatable bonds is 25. The molecule has 354 valence electrons. The van der Waals surface area contributed by atoms with Gasteiger partial charge >= 0.3 is 163 Å². The standard InChI is InChI=1S/C24H30BN3O6.C23H29N3O5.ClH/c1-2-9-19(28-23(31)21(27-16-25-33)18-12-7-4-8-13-18)22(30)24(32)26-14-20(29)34-15-17-10-5-3-6-11-17;1-2-9-18(26-22(29)20(24)17-12-7-4-8-13-17)21(28)23(30)25-14-19(27)31-15-16-10-5-3-6-11-16;/h3-8,10-13,19,21-22,27,30H,2,9,14-16H2,1H3,(H,26,32)(H,28,31);3-8,10-13,18,20-21,28H,2,9,14-15,24H2,1H3,(H,25,30)(H,26,29);1H/t19?,21-,22?;18?,20-,21?;/m00./s1. The summed E-state index contributed by atoms with van der Waals surface area (Å²) in [6, 6.07) is 32.3. The van der Waals surface area contributed by atoms with Crippen molar-refractivity contribution in [1.29, 1.82) is 0 Å². The van der Waals surface area contributed by atoms with Crippen molar-refractivity contribution < 1.29 is 53.2 Å². The van der Waals surface area contributed by atoms with Crippen molar-refractivity contribution in [2.45, 2.75) is 89.1 Å². The van der Waals surface area contributed by atoms with E-state index in [2.05, 4.69) is 26.6 Å². The maximum absolute atomic E-state index is 12.9. The Morgan fingerprint density at radius 2 is 0.955 bits per heavy atom. The van der Waals surface area contributed by atoms with Crippen LogP contribution in [-0.4, -0.2) is 96.8 Å². The molecule has 9 N–H and O–H groups in total. The number of ether oxygens (including phenoxy) is 2. The van der Waals surface area contributed by atoms with Crippen LogP contribution in [-0.2, 0) is 56.2 Å². The number of nitrogens with one attached hydrogen (secondary N) is 5. The molecule has 0 saturated carbocycles. The Kier molecular flexibility index (Phi) is 26.7. The molecule has 0 aliphatic carbocycles. The number of hydrogen-bond donors (Lipinski definition) is 8. The third kappa shape index (κ3) is 20.3. The first-order valence-electron chi connectivity index (χ1n) is 21.3. The molecule has 66 heavy (non-hydrogen) atoms. The van der Waals surface area contributed by atoms with E-state index >= 15 is 0 Å². The van der Waals surface area contributed by atoms with Crippen LogP contribution in [0.1, 0.15) is 73.9 Å². The SMILES string of the molecule is CCCC(NC(=O)[C@@H](N)c1ccccc1)C(O)C(=O)NCC(=O)OCc1ccccc1.CCCC(NC(=O)[C@@H](NCB=O)c1ccccc1)C(O)C(=O)NCC(=O)OCc1ccccc1.Cl. The monoisotopic (exact) mass is 930 g/mol. The second-order valence-electron chi connectivity index (χ2n) is 14.7. The predicted molar refractivity (Wildman–Crippen MR) is 248 cm³/mol. The van der Waals surface area contributed by atoms with Crippen molar-refractivity contribution in [2.75, 3.05) is 19.5 Å². The number of amides is 4. The number of aliphatic hydroxyl groups is 2. The number of esters is 2. The van der Waals surface area contributed by atoms with Crippen LogP contribution in [0.25, 0.3) is 0 Å². The molecule has 0 spiro atoms. The number of hydrogen-bond acceptors (Lipinski definition) is 13. The average Bonchev–Trinajstić information content (AvgIpc) is 3.34. The topological polar surface area (TPSA) is 265 Å². The van der Waals surface area contributed by atoms with E-state index in [9.17, 15) is 43.7 Å². The van der Waals surface area contributed by atoms with Crippen LogP contribution in [0, 0.1) is 0 Å². The summed E-state index contributed by atoms with van der Waals surface area (Å²) in [7, 11) is 0.645. The molecule has 0 saturated heterocycles. The van der Waals surface area contributed by atoms with Gasteiger partial charge in [-0.3, -0.25) is 14.4 Å². The summed E-state index contributed by atoms with van der Waals surface area (Å²) >= 11 is 0. The van der Waals surface area contributed by atoms with Crippen LogP contribution in [0.3, 0.4) is 0 Å². The maximum atomic E-state index is 12.9. The van der Waals surface area contributed by atoms with Gasteiger partial charge in [-0.2, -0.15) is 0 Å². The van der Waals surface area contributed by atoms with Gasteiger partial charge in [0.05, 0.1) is 6.04 Å². The zero-order valence-electron chi connectivity index (χ0n) is 37.0. The summed E-state index contributed by atoms with van der Waals surface area (Å²) in [6.07, 6.45) is -1.25. The van der Waals surface area contributed by atoms with Gasteiger partial charge in [0, 0.05) is 0 Å². The van der Waals surface area contributed by atoms with E-state index in [1.807, 2.05) is 68.4 Å². The Labute approximate surface area is 391 Å². The van der Waals surface area contributed by atoms with Crippen LogP contribution in [0.15, 0.2) is 121 Å². The minimum Gasteiger partial charge on any atom is -0.147 e. The zero-order valence-corrected chi connectivity index (χ0v) is 37.8. The van der Waals surface area contributed by atoms with Crippen molar-refractivity contribution >= 4 is 55.1 Å². The molecular formula is C47H60BClN6O11. The minimum absolute atomic E-state index is 0. The Bertz CT molecular complexity index is 2080. The van der Waals surface area contributed by atoms with Gasteiger partial charge in [0.1, 0.15) is 25.8 Å². The number of benzene rings is 4. The predicted octanol–water partition coefficient (Wildman–Crippen LogP) is 2.44. The molecule has 0 aliphatic rings. The summed E-state index contributed by atoms with van der Waals surface area (Å²) < 4.78 is 21.0. The fraction of sp³-hybridized carbons (Fsp3) is 0.362. The number of aliphatic hydroxyl groups excluding tert-OH is 2. The molecule has 0 fully saturated rings. The molecule has 0 bridgehead atoms. The van der Waals surface area contributed by atoms with Crippen LogP contribution in [0.5, 0.6) is 0 Å². The van der Waals surface area contributed by atoms with Crippen LogP contribution in [0.2, 0.25) is 0 Å². The van der Waals surface area contributed by atoms with Crippen molar-refractivity contribution in [2.24, 2.45) is 5.73 Å². The van der Waals surface area contributed by atoms with Gasteiger partial charge in [-0.25, -0.2) is 0 Å². The molecule has 6 atom stereocenters. The Balaban J connectivity index is 0.000000448. The number of carbonyl (C=O) groups is 6. The van der Waals surface area contributed by atoms with Gasteiger partial charge in [0.15, 0.2) is 6.10 Å². The molecule has 4 amide bonds. The fourth-order valence-electron chi connectivity index (χ4n) is 6.23. The molecular weight excluding hydrogens is 871 g/mol. The molecule has 0 radical (unpaired) electrons. The van der Waals surface area contributed by atoms with Crippen LogP contribution in [0.4, 0.5) is 0 Å². The van der Waals surface area contributed by atoms with Crippen LogP contribution >= 0.6 is 12.4 Å². The van der Waals surface area contributed by atoms with Gasteiger partial charge in [0.2, 0.25) is 5.91 Å². The van der Waals surface area contributed by atoms with E-state index < -0.39 is 78.5 Å². The second kappa shape index (κ2) is 31.5. The van der Waals surface area contributed by atoms with E-state index in [1.54, 1.807) is 66.7 Å². The number of halogens is 1. The smallest absolute Gasteiger partial charge is 0.147 e. The number of carbonyl (C=O) groups excluding carboxylic acids is 6. The van der Waals surface area contributed by atoms with Crippen molar-refractivity contribution in [1.82, 2.24) is 26.6 Å².